The highest BCUT2D eigenvalue weighted by Crippen LogP contribution is 2.10. The number of nitrogens with zero attached hydrogens (tertiary/aromatic N) is 2. The van der Waals surface area contributed by atoms with Gasteiger partial charge in [-0.25, -0.2) is 0 Å². The second kappa shape index (κ2) is 2.15. The summed E-state index contributed by atoms with van der Waals surface area (Å²) in [5, 5.41) is 0. The SMILES string of the molecule is C=NC(N)(P)N=C. The molecule has 0 aliphatic rings. The smallest absolute Gasteiger partial charge is 0.213 e. The zero-order valence-corrected chi connectivity index (χ0v) is 5.12. The van der Waals surface area contributed by atoms with Crippen molar-refractivity contribution in [3.05, 3.63) is 0 Å². The molecule has 3 nitrogen and oxygen atoms in total. The molecular weight excluding hydrogens is 109 g/mol. The third-order valence-corrected chi connectivity index (χ3v) is 0.872. The van der Waals surface area contributed by atoms with E-state index in [0.717, 1.165) is 0 Å². The number of hydrogen-bond donors (Lipinski definition) is 1. The van der Waals surface area contributed by atoms with Gasteiger partial charge in [0, 0.05) is 0 Å². The highest BCUT2D eigenvalue weighted by Gasteiger charge is 2.07. The van der Waals surface area contributed by atoms with Gasteiger partial charge in [-0.05, 0) is 13.4 Å². The molecule has 1 unspecified atom stereocenters. The van der Waals surface area contributed by atoms with Crippen LogP contribution in [-0.4, -0.2) is 19.0 Å². The van der Waals surface area contributed by atoms with Crippen LogP contribution in [0.25, 0.3) is 0 Å². The first-order valence-corrected chi connectivity index (χ1v) is 2.23. The molecule has 2 N–H and O–H groups in total. The Morgan fingerprint density at radius 2 is 1.71 bits per heavy atom. The van der Waals surface area contributed by atoms with Crippen LogP contribution in [0.2, 0.25) is 0 Å². The van der Waals surface area contributed by atoms with Crippen molar-refractivity contribution in [3.8, 4) is 0 Å². The van der Waals surface area contributed by atoms with Crippen LogP contribution in [0, 0.1) is 0 Å². The normalized spacial score (nSPS) is 10.6. The Bertz CT molecular complexity index is 78.2. The molecular formula is C3H8N3P. The van der Waals surface area contributed by atoms with Crippen LogP contribution < -0.4 is 5.73 Å². The van der Waals surface area contributed by atoms with Crippen molar-refractivity contribution >= 4 is 22.7 Å². The van der Waals surface area contributed by atoms with Gasteiger partial charge in [0.1, 0.15) is 0 Å². The molecule has 4 heteroatoms. The van der Waals surface area contributed by atoms with Crippen LogP contribution in [0.1, 0.15) is 0 Å². The van der Waals surface area contributed by atoms with Crippen molar-refractivity contribution in [2.45, 2.75) is 5.53 Å². The molecule has 0 radical (unpaired) electrons. The lowest BCUT2D eigenvalue weighted by Gasteiger charge is -2.09. The molecule has 0 heterocycles. The second-order valence-electron chi connectivity index (χ2n) is 1.10. The highest BCUT2D eigenvalue weighted by molar-refractivity contribution is 7.18. The third kappa shape index (κ3) is 2.43. The summed E-state index contributed by atoms with van der Waals surface area (Å²) in [6, 6.07) is 0. The fourth-order valence-corrected chi connectivity index (χ4v) is 0.0500. The van der Waals surface area contributed by atoms with Crippen molar-refractivity contribution < 1.29 is 0 Å². The molecule has 0 rings (SSSR count). The van der Waals surface area contributed by atoms with E-state index < -0.39 is 5.53 Å². The Morgan fingerprint density at radius 1 is 1.43 bits per heavy atom. The summed E-state index contributed by atoms with van der Waals surface area (Å²) in [4.78, 5) is 6.80. The fourth-order valence-electron chi connectivity index (χ4n) is 0.0500. The topological polar surface area (TPSA) is 50.7 Å². The highest BCUT2D eigenvalue weighted by atomic mass is 31.0. The van der Waals surface area contributed by atoms with Crippen LogP contribution in [0.4, 0.5) is 0 Å². The summed E-state index contributed by atoms with van der Waals surface area (Å²) in [7, 11) is 2.19. The molecule has 0 bridgehead atoms. The molecule has 0 aromatic carbocycles. The molecule has 1 atom stereocenters. The largest absolute Gasteiger partial charge is 0.285 e. The van der Waals surface area contributed by atoms with E-state index in [9.17, 15) is 0 Å². The van der Waals surface area contributed by atoms with Crippen molar-refractivity contribution in [2.24, 2.45) is 15.7 Å². The summed E-state index contributed by atoms with van der Waals surface area (Å²) in [6.07, 6.45) is 0. The van der Waals surface area contributed by atoms with Crippen molar-refractivity contribution in [3.63, 3.8) is 0 Å². The molecule has 40 valence electrons. The summed E-state index contributed by atoms with van der Waals surface area (Å²) in [5.41, 5.74) is 4.25. The van der Waals surface area contributed by atoms with Gasteiger partial charge in [-0.15, -0.1) is 0 Å². The van der Waals surface area contributed by atoms with Crippen LogP contribution in [0.15, 0.2) is 9.98 Å². The monoisotopic (exact) mass is 117 g/mol. The Kier molecular flexibility index (Phi) is 2.06. The average Bonchev–Trinajstić information content (AvgIpc) is 1.68. The molecule has 0 amide bonds. The van der Waals surface area contributed by atoms with E-state index in [1.807, 2.05) is 0 Å². The van der Waals surface area contributed by atoms with Crippen LogP contribution in [-0.2, 0) is 0 Å². The molecule has 0 aliphatic carbocycles. The van der Waals surface area contributed by atoms with Crippen molar-refractivity contribution in [1.82, 2.24) is 0 Å². The number of nitrogens with two attached hydrogens (primary N) is 1. The summed E-state index contributed by atoms with van der Waals surface area (Å²) in [5.74, 6) is 0. The minimum Gasteiger partial charge on any atom is -0.285 e. The predicted molar refractivity (Wildman–Crippen MR) is 35.7 cm³/mol. The zero-order chi connectivity index (χ0) is 5.91. The molecule has 0 saturated heterocycles. The fraction of sp³-hybridized carbons (Fsp3) is 0.333. The average molecular weight is 117 g/mol. The van der Waals surface area contributed by atoms with Crippen LogP contribution in [0.5, 0.6) is 0 Å². The lowest BCUT2D eigenvalue weighted by atomic mass is 10.9. The van der Waals surface area contributed by atoms with Crippen molar-refractivity contribution in [1.29, 1.82) is 0 Å². The number of hydrogen-bond acceptors (Lipinski definition) is 3. The molecule has 7 heavy (non-hydrogen) atoms. The molecule has 0 aliphatic heterocycles. The summed E-state index contributed by atoms with van der Waals surface area (Å²) in [6.45, 7) is 6.35. The van der Waals surface area contributed by atoms with Gasteiger partial charge in [0.05, 0.1) is 0 Å². The summed E-state index contributed by atoms with van der Waals surface area (Å²) < 4.78 is 0. The molecule has 0 saturated carbocycles. The third-order valence-electron chi connectivity index (χ3n) is 0.507. The van der Waals surface area contributed by atoms with Gasteiger partial charge in [-0.3, -0.25) is 15.7 Å². The molecule has 0 aromatic rings. The van der Waals surface area contributed by atoms with E-state index in [2.05, 4.69) is 32.7 Å². The Labute approximate surface area is 44.9 Å². The second-order valence-corrected chi connectivity index (χ2v) is 1.95. The minimum atomic E-state index is -0.972. The Hall–Kier alpha value is -0.270. The minimum absolute atomic E-state index is 0.972. The van der Waals surface area contributed by atoms with Gasteiger partial charge in [-0.1, -0.05) is 9.24 Å². The van der Waals surface area contributed by atoms with Gasteiger partial charge in [0.15, 0.2) is 0 Å². The predicted octanol–water partition coefficient (Wildman–Crippen LogP) is -0.167. The van der Waals surface area contributed by atoms with E-state index in [1.54, 1.807) is 0 Å². The van der Waals surface area contributed by atoms with Crippen LogP contribution in [0.3, 0.4) is 0 Å². The number of aliphatic imine (C=N–C) groups is 2. The van der Waals surface area contributed by atoms with Gasteiger partial charge in [0.25, 0.3) is 0 Å². The van der Waals surface area contributed by atoms with E-state index in [0.29, 0.717) is 0 Å². The van der Waals surface area contributed by atoms with Gasteiger partial charge in [0.2, 0.25) is 5.53 Å². The first-order chi connectivity index (χ1) is 3.12. The standard InChI is InChI=1S/C3H8N3P/c1-5-3(4,7)6-2/h1-2,4,7H2. The Balaban J connectivity index is 3.82. The molecule has 0 aromatic heterocycles. The lowest BCUT2D eigenvalue weighted by Crippen LogP contribution is -2.25. The Morgan fingerprint density at radius 3 is 1.71 bits per heavy atom. The van der Waals surface area contributed by atoms with Crippen molar-refractivity contribution in [2.75, 3.05) is 0 Å². The van der Waals surface area contributed by atoms with Gasteiger partial charge < -0.3 is 0 Å². The summed E-state index contributed by atoms with van der Waals surface area (Å²) >= 11 is 0. The van der Waals surface area contributed by atoms with Gasteiger partial charge >= 0.3 is 0 Å². The molecule has 0 fully saturated rings. The van der Waals surface area contributed by atoms with E-state index in [-0.39, 0.29) is 0 Å². The molecule has 0 spiro atoms. The van der Waals surface area contributed by atoms with Crippen LogP contribution >= 0.6 is 9.24 Å². The maximum Gasteiger partial charge on any atom is 0.213 e. The first kappa shape index (κ1) is 6.73. The quantitative estimate of drug-likeness (QED) is 0.396. The zero-order valence-electron chi connectivity index (χ0n) is 3.96. The van der Waals surface area contributed by atoms with Gasteiger partial charge in [-0.2, -0.15) is 0 Å². The van der Waals surface area contributed by atoms with E-state index in [1.165, 1.54) is 0 Å². The maximum absolute atomic E-state index is 5.22. The van der Waals surface area contributed by atoms with E-state index in [4.69, 9.17) is 5.73 Å². The first-order valence-electron chi connectivity index (χ1n) is 1.66. The lowest BCUT2D eigenvalue weighted by molar-refractivity contribution is 0.696. The maximum atomic E-state index is 5.22. The number of rotatable bonds is 2. The van der Waals surface area contributed by atoms with E-state index >= 15 is 0 Å².